The number of nitrogens with one attached hydrogen (secondary N) is 1. The van der Waals surface area contributed by atoms with Gasteiger partial charge in [0.1, 0.15) is 0 Å². The minimum atomic E-state index is 0. The number of hydrogen-bond acceptors (Lipinski definition) is 4. The molecule has 0 saturated carbocycles. The summed E-state index contributed by atoms with van der Waals surface area (Å²) in [6.07, 6.45) is 2.57. The number of hydrogen-bond donors (Lipinski definition) is 2. The van der Waals surface area contributed by atoms with Gasteiger partial charge in [0.15, 0.2) is 11.5 Å². The van der Waals surface area contributed by atoms with Gasteiger partial charge in [-0.25, -0.2) is 0 Å². The molecule has 1 aliphatic rings. The van der Waals surface area contributed by atoms with E-state index in [4.69, 9.17) is 4.74 Å². The highest BCUT2D eigenvalue weighted by Crippen LogP contribution is 2.27. The Morgan fingerprint density at radius 1 is 1.45 bits per heavy atom. The standard InChI is InChI=1S/C15H24N2O2.ClH/c1-16-9-13-4-3-7-17(11-13)10-12-5-6-15(19-2)14(18)8-12;/h5-6,8,13,16,18H,3-4,7,9-11H2,1-2H3;1H. The van der Waals surface area contributed by atoms with Gasteiger partial charge in [-0.2, -0.15) is 0 Å². The molecule has 1 atom stereocenters. The Kier molecular flexibility index (Phi) is 7.13. The predicted octanol–water partition coefficient (Wildman–Crippen LogP) is 2.25. The molecule has 1 aromatic rings. The van der Waals surface area contributed by atoms with Gasteiger partial charge in [0.25, 0.3) is 0 Å². The Bertz CT molecular complexity index is 413. The smallest absolute Gasteiger partial charge is 0.160 e. The summed E-state index contributed by atoms with van der Waals surface area (Å²) < 4.78 is 5.07. The van der Waals surface area contributed by atoms with Gasteiger partial charge in [0.05, 0.1) is 7.11 Å². The fourth-order valence-corrected chi connectivity index (χ4v) is 2.84. The molecule has 20 heavy (non-hydrogen) atoms. The van der Waals surface area contributed by atoms with Crippen LogP contribution in [0.3, 0.4) is 0 Å². The molecular weight excluding hydrogens is 276 g/mol. The Balaban J connectivity index is 0.00000200. The number of likely N-dealkylation sites (tertiary alicyclic amines) is 1. The maximum absolute atomic E-state index is 9.80. The zero-order chi connectivity index (χ0) is 13.7. The lowest BCUT2D eigenvalue weighted by Gasteiger charge is -2.32. The van der Waals surface area contributed by atoms with E-state index in [0.717, 1.165) is 37.7 Å². The maximum atomic E-state index is 9.80. The van der Waals surface area contributed by atoms with Crippen molar-refractivity contribution in [2.24, 2.45) is 5.92 Å². The molecule has 1 aromatic carbocycles. The van der Waals surface area contributed by atoms with E-state index in [-0.39, 0.29) is 18.2 Å². The van der Waals surface area contributed by atoms with Gasteiger partial charge in [-0.05, 0) is 56.6 Å². The molecule has 5 heteroatoms. The van der Waals surface area contributed by atoms with E-state index in [1.54, 1.807) is 13.2 Å². The van der Waals surface area contributed by atoms with Crippen LogP contribution in [0.25, 0.3) is 0 Å². The summed E-state index contributed by atoms with van der Waals surface area (Å²) in [7, 11) is 3.59. The highest BCUT2D eigenvalue weighted by Gasteiger charge is 2.19. The Morgan fingerprint density at radius 2 is 2.25 bits per heavy atom. The summed E-state index contributed by atoms with van der Waals surface area (Å²) in [5, 5.41) is 13.1. The van der Waals surface area contributed by atoms with Crippen LogP contribution in [0, 0.1) is 5.92 Å². The Morgan fingerprint density at radius 3 is 2.90 bits per heavy atom. The fraction of sp³-hybridized carbons (Fsp3) is 0.600. The van der Waals surface area contributed by atoms with Crippen LogP contribution in [0.2, 0.25) is 0 Å². The fourth-order valence-electron chi connectivity index (χ4n) is 2.84. The summed E-state index contributed by atoms with van der Waals surface area (Å²) in [5.41, 5.74) is 1.14. The minimum Gasteiger partial charge on any atom is -0.504 e. The van der Waals surface area contributed by atoms with Gasteiger partial charge in [-0.15, -0.1) is 12.4 Å². The molecule has 1 fully saturated rings. The molecule has 114 valence electrons. The van der Waals surface area contributed by atoms with Crippen LogP contribution in [-0.2, 0) is 6.54 Å². The summed E-state index contributed by atoms with van der Waals surface area (Å²) in [4.78, 5) is 2.47. The molecule has 0 bridgehead atoms. The van der Waals surface area contributed by atoms with Crippen molar-refractivity contribution in [3.63, 3.8) is 0 Å². The van der Waals surface area contributed by atoms with E-state index < -0.39 is 0 Å². The molecule has 0 aromatic heterocycles. The van der Waals surface area contributed by atoms with E-state index >= 15 is 0 Å². The van der Waals surface area contributed by atoms with Crippen molar-refractivity contribution >= 4 is 12.4 Å². The van der Waals surface area contributed by atoms with Crippen molar-refractivity contribution in [1.29, 1.82) is 0 Å². The molecule has 0 aliphatic carbocycles. The number of piperidine rings is 1. The first-order valence-corrected chi connectivity index (χ1v) is 6.95. The van der Waals surface area contributed by atoms with Crippen molar-refractivity contribution in [1.82, 2.24) is 10.2 Å². The third-order valence-electron chi connectivity index (χ3n) is 3.75. The third-order valence-corrected chi connectivity index (χ3v) is 3.75. The monoisotopic (exact) mass is 300 g/mol. The second-order valence-electron chi connectivity index (χ2n) is 5.31. The quantitative estimate of drug-likeness (QED) is 0.875. The van der Waals surface area contributed by atoms with Crippen LogP contribution < -0.4 is 10.1 Å². The van der Waals surface area contributed by atoms with Gasteiger partial charge >= 0.3 is 0 Å². The number of ether oxygens (including phenoxy) is 1. The predicted molar refractivity (Wildman–Crippen MR) is 83.8 cm³/mol. The molecular formula is C15H25ClN2O2. The van der Waals surface area contributed by atoms with Crippen LogP contribution in [0.4, 0.5) is 0 Å². The van der Waals surface area contributed by atoms with E-state index in [1.807, 2.05) is 19.2 Å². The first kappa shape index (κ1) is 17.1. The van der Waals surface area contributed by atoms with Crippen molar-refractivity contribution < 1.29 is 9.84 Å². The Labute approximate surface area is 127 Å². The second-order valence-corrected chi connectivity index (χ2v) is 5.31. The molecule has 2 N–H and O–H groups in total. The van der Waals surface area contributed by atoms with Crippen molar-refractivity contribution in [2.75, 3.05) is 33.8 Å². The van der Waals surface area contributed by atoms with E-state index in [9.17, 15) is 5.11 Å². The van der Waals surface area contributed by atoms with Crippen LogP contribution in [0.1, 0.15) is 18.4 Å². The van der Waals surface area contributed by atoms with E-state index in [0.29, 0.717) is 5.75 Å². The molecule has 2 rings (SSSR count). The molecule has 1 saturated heterocycles. The lowest BCUT2D eigenvalue weighted by Crippen LogP contribution is -2.38. The molecule has 4 nitrogen and oxygen atoms in total. The number of aromatic hydroxyl groups is 1. The SMILES string of the molecule is CNCC1CCCN(Cc2ccc(OC)c(O)c2)C1.Cl. The average molecular weight is 301 g/mol. The van der Waals surface area contributed by atoms with Gasteiger partial charge in [-0.1, -0.05) is 6.07 Å². The van der Waals surface area contributed by atoms with Gasteiger partial charge in [-0.3, -0.25) is 4.90 Å². The lowest BCUT2D eigenvalue weighted by atomic mass is 9.97. The molecule has 1 heterocycles. The molecule has 0 spiro atoms. The lowest BCUT2D eigenvalue weighted by molar-refractivity contribution is 0.166. The minimum absolute atomic E-state index is 0. The molecule has 0 amide bonds. The zero-order valence-corrected chi connectivity index (χ0v) is 13.1. The largest absolute Gasteiger partial charge is 0.504 e. The highest BCUT2D eigenvalue weighted by molar-refractivity contribution is 5.85. The first-order chi connectivity index (χ1) is 9.22. The average Bonchev–Trinajstić information content (AvgIpc) is 2.40. The van der Waals surface area contributed by atoms with Crippen LogP contribution in [0.5, 0.6) is 11.5 Å². The molecule has 0 radical (unpaired) electrons. The van der Waals surface area contributed by atoms with Crippen molar-refractivity contribution in [3.05, 3.63) is 23.8 Å². The summed E-state index contributed by atoms with van der Waals surface area (Å²) in [5.74, 6) is 1.50. The second kappa shape index (κ2) is 8.35. The number of phenolic OH excluding ortho intramolecular Hbond substituents is 1. The normalized spacial score (nSPS) is 19.4. The van der Waals surface area contributed by atoms with Crippen molar-refractivity contribution in [3.8, 4) is 11.5 Å². The van der Waals surface area contributed by atoms with Crippen LogP contribution >= 0.6 is 12.4 Å². The number of methoxy groups -OCH3 is 1. The van der Waals surface area contributed by atoms with E-state index in [1.165, 1.54) is 12.8 Å². The number of phenols is 1. The van der Waals surface area contributed by atoms with Crippen molar-refractivity contribution in [2.45, 2.75) is 19.4 Å². The van der Waals surface area contributed by atoms with Crippen LogP contribution in [-0.4, -0.2) is 43.8 Å². The number of halogens is 1. The third kappa shape index (κ3) is 4.54. The molecule has 1 aliphatic heterocycles. The van der Waals surface area contributed by atoms with Gasteiger partial charge in [0.2, 0.25) is 0 Å². The molecule has 1 unspecified atom stereocenters. The van der Waals surface area contributed by atoms with Crippen LogP contribution in [0.15, 0.2) is 18.2 Å². The van der Waals surface area contributed by atoms with Gasteiger partial charge < -0.3 is 15.2 Å². The number of benzene rings is 1. The number of rotatable bonds is 5. The topological polar surface area (TPSA) is 44.7 Å². The summed E-state index contributed by atoms with van der Waals surface area (Å²) >= 11 is 0. The summed E-state index contributed by atoms with van der Waals surface area (Å²) in [6, 6.07) is 5.67. The maximum Gasteiger partial charge on any atom is 0.160 e. The highest BCUT2D eigenvalue weighted by atomic mass is 35.5. The zero-order valence-electron chi connectivity index (χ0n) is 12.3. The first-order valence-electron chi connectivity index (χ1n) is 6.95. The van der Waals surface area contributed by atoms with E-state index in [2.05, 4.69) is 10.2 Å². The Hall–Kier alpha value is -0.970. The van der Waals surface area contributed by atoms with Gasteiger partial charge in [0, 0.05) is 13.1 Å². The summed E-state index contributed by atoms with van der Waals surface area (Å²) in [6.45, 7) is 4.27. The number of nitrogens with zero attached hydrogens (tertiary/aromatic N) is 1.